The highest BCUT2D eigenvalue weighted by Crippen LogP contribution is 2.35. The highest BCUT2D eigenvalue weighted by molar-refractivity contribution is 6.30. The molecule has 6 nitrogen and oxygen atoms in total. The molecule has 34 heavy (non-hydrogen) atoms. The molecule has 2 saturated heterocycles. The van der Waals surface area contributed by atoms with Crippen LogP contribution in [-0.4, -0.2) is 43.4 Å². The molecule has 0 saturated carbocycles. The van der Waals surface area contributed by atoms with Crippen molar-refractivity contribution >= 4 is 34.0 Å². The van der Waals surface area contributed by atoms with Gasteiger partial charge in [-0.1, -0.05) is 41.9 Å². The number of rotatable bonds is 6. The van der Waals surface area contributed by atoms with E-state index in [2.05, 4.69) is 27.7 Å². The third-order valence-corrected chi connectivity index (χ3v) is 7.11. The van der Waals surface area contributed by atoms with Gasteiger partial charge in [-0.2, -0.15) is 5.26 Å². The van der Waals surface area contributed by atoms with Crippen LogP contribution in [0.3, 0.4) is 0 Å². The number of nitriles is 1. The molecular formula is C27H30ClN5O. The standard InChI is InChI=1S/C27H30ClN5O/c28-20-7-5-19(6-8-20)18-30-27-24(17-29)26(23-3-1-2-4-25(23)32-27)33-13-9-21(10-14-33)31-22-11-15-34-16-12-22/h1-8,21-22,31H,9-16,18H2,(H,30,32). The number of nitrogens with zero attached hydrogens (tertiary/aromatic N) is 3. The van der Waals surface area contributed by atoms with Crippen molar-refractivity contribution in [1.82, 2.24) is 10.3 Å². The van der Waals surface area contributed by atoms with Gasteiger partial charge >= 0.3 is 0 Å². The Balaban J connectivity index is 1.37. The lowest BCUT2D eigenvalue weighted by Crippen LogP contribution is -2.48. The van der Waals surface area contributed by atoms with Gasteiger partial charge in [-0.05, 0) is 49.4 Å². The van der Waals surface area contributed by atoms with E-state index in [1.165, 1.54) is 0 Å². The van der Waals surface area contributed by atoms with Gasteiger partial charge in [-0.15, -0.1) is 0 Å². The van der Waals surface area contributed by atoms with Crippen LogP contribution < -0.4 is 15.5 Å². The molecule has 3 heterocycles. The second-order valence-electron chi connectivity index (χ2n) is 9.11. The van der Waals surface area contributed by atoms with Crippen LogP contribution in [0, 0.1) is 11.3 Å². The lowest BCUT2D eigenvalue weighted by Gasteiger charge is -2.37. The first-order chi connectivity index (χ1) is 16.7. The third-order valence-electron chi connectivity index (χ3n) is 6.85. The largest absolute Gasteiger partial charge is 0.381 e. The Labute approximate surface area is 205 Å². The van der Waals surface area contributed by atoms with Crippen molar-refractivity contribution in [3.05, 3.63) is 64.7 Å². The van der Waals surface area contributed by atoms with E-state index in [1.54, 1.807) is 0 Å². The van der Waals surface area contributed by atoms with E-state index in [9.17, 15) is 5.26 Å². The Morgan fingerprint density at radius 1 is 1.00 bits per heavy atom. The van der Waals surface area contributed by atoms with Gasteiger partial charge in [0.15, 0.2) is 0 Å². The number of halogens is 1. The SMILES string of the molecule is N#Cc1c(NCc2ccc(Cl)cc2)nc2ccccc2c1N1CCC(NC2CCOCC2)CC1. The zero-order valence-corrected chi connectivity index (χ0v) is 20.0. The van der Waals surface area contributed by atoms with Crippen molar-refractivity contribution in [2.75, 3.05) is 36.5 Å². The molecule has 0 unspecified atom stereocenters. The first-order valence-corrected chi connectivity index (χ1v) is 12.5. The monoisotopic (exact) mass is 475 g/mol. The zero-order valence-electron chi connectivity index (χ0n) is 19.3. The van der Waals surface area contributed by atoms with Gasteiger partial charge < -0.3 is 20.3 Å². The van der Waals surface area contributed by atoms with Crippen LogP contribution in [0.2, 0.25) is 5.02 Å². The number of pyridine rings is 1. The van der Waals surface area contributed by atoms with Crippen LogP contribution in [0.25, 0.3) is 10.9 Å². The van der Waals surface area contributed by atoms with Crippen molar-refractivity contribution < 1.29 is 4.74 Å². The second-order valence-corrected chi connectivity index (χ2v) is 9.54. The number of aromatic nitrogens is 1. The fraction of sp³-hybridized carbons (Fsp3) is 0.407. The van der Waals surface area contributed by atoms with Crippen molar-refractivity contribution in [2.24, 2.45) is 0 Å². The fourth-order valence-corrected chi connectivity index (χ4v) is 5.14. The van der Waals surface area contributed by atoms with Gasteiger partial charge in [0, 0.05) is 55.3 Å². The predicted molar refractivity (Wildman–Crippen MR) is 137 cm³/mol. The maximum atomic E-state index is 10.2. The molecule has 7 heteroatoms. The molecule has 3 aromatic rings. The fourth-order valence-electron chi connectivity index (χ4n) is 5.01. The van der Waals surface area contributed by atoms with Gasteiger partial charge in [0.2, 0.25) is 0 Å². The molecule has 0 amide bonds. The van der Waals surface area contributed by atoms with E-state index >= 15 is 0 Å². The number of fused-ring (bicyclic) bond motifs is 1. The van der Waals surface area contributed by atoms with E-state index in [0.717, 1.165) is 74.1 Å². The number of ether oxygens (including phenoxy) is 1. The van der Waals surface area contributed by atoms with Crippen LogP contribution in [0.15, 0.2) is 48.5 Å². The predicted octanol–water partition coefficient (Wildman–Crippen LogP) is 5.11. The molecule has 176 valence electrons. The number of nitrogens with one attached hydrogen (secondary N) is 2. The van der Waals surface area contributed by atoms with Gasteiger partial charge in [-0.3, -0.25) is 0 Å². The molecule has 0 spiro atoms. The summed E-state index contributed by atoms with van der Waals surface area (Å²) in [6, 6.07) is 19.4. The summed E-state index contributed by atoms with van der Waals surface area (Å²) in [5, 5.41) is 19.2. The van der Waals surface area contributed by atoms with E-state index in [1.807, 2.05) is 42.5 Å². The Morgan fingerprint density at radius 2 is 1.71 bits per heavy atom. The summed E-state index contributed by atoms with van der Waals surface area (Å²) in [5.74, 6) is 0.633. The Hall–Kier alpha value is -2.85. The van der Waals surface area contributed by atoms with Crippen molar-refractivity contribution in [3.63, 3.8) is 0 Å². The maximum absolute atomic E-state index is 10.2. The van der Waals surface area contributed by atoms with Gasteiger partial charge in [0.25, 0.3) is 0 Å². The second kappa shape index (κ2) is 10.6. The summed E-state index contributed by atoms with van der Waals surface area (Å²) >= 11 is 6.02. The van der Waals surface area contributed by atoms with E-state index < -0.39 is 0 Å². The van der Waals surface area contributed by atoms with Crippen LogP contribution in [0.1, 0.15) is 36.8 Å². The zero-order chi connectivity index (χ0) is 23.3. The molecule has 0 radical (unpaired) electrons. The molecule has 2 N–H and O–H groups in total. The number of hydrogen-bond acceptors (Lipinski definition) is 6. The molecule has 2 aliphatic rings. The maximum Gasteiger partial charge on any atom is 0.147 e. The van der Waals surface area contributed by atoms with Crippen molar-refractivity contribution in [2.45, 2.75) is 44.3 Å². The summed E-state index contributed by atoms with van der Waals surface area (Å²) in [5.41, 5.74) is 3.60. The minimum absolute atomic E-state index is 0.514. The molecule has 2 aliphatic heterocycles. The van der Waals surface area contributed by atoms with Crippen molar-refractivity contribution in [3.8, 4) is 6.07 Å². The number of benzene rings is 2. The Kier molecular flexibility index (Phi) is 7.15. The third kappa shape index (κ3) is 5.12. The Morgan fingerprint density at radius 3 is 2.44 bits per heavy atom. The minimum atomic E-state index is 0.514. The summed E-state index contributed by atoms with van der Waals surface area (Å²) in [6.45, 7) is 4.13. The van der Waals surface area contributed by atoms with Crippen LogP contribution in [0.5, 0.6) is 0 Å². The molecular weight excluding hydrogens is 446 g/mol. The van der Waals surface area contributed by atoms with Gasteiger partial charge in [0.05, 0.1) is 11.2 Å². The van der Waals surface area contributed by atoms with E-state index in [0.29, 0.717) is 35.0 Å². The summed E-state index contributed by atoms with van der Waals surface area (Å²) in [6.07, 6.45) is 4.31. The summed E-state index contributed by atoms with van der Waals surface area (Å²) in [4.78, 5) is 7.19. The van der Waals surface area contributed by atoms with Crippen LogP contribution >= 0.6 is 11.6 Å². The normalized spacial score (nSPS) is 17.6. The highest BCUT2D eigenvalue weighted by atomic mass is 35.5. The minimum Gasteiger partial charge on any atom is -0.381 e. The highest BCUT2D eigenvalue weighted by Gasteiger charge is 2.26. The van der Waals surface area contributed by atoms with Crippen molar-refractivity contribution in [1.29, 1.82) is 5.26 Å². The summed E-state index contributed by atoms with van der Waals surface area (Å²) in [7, 11) is 0. The first-order valence-electron chi connectivity index (χ1n) is 12.1. The molecule has 0 aliphatic carbocycles. The number of piperidine rings is 1. The molecule has 0 bridgehead atoms. The smallest absolute Gasteiger partial charge is 0.147 e. The van der Waals surface area contributed by atoms with Gasteiger partial charge in [0.1, 0.15) is 17.5 Å². The van der Waals surface area contributed by atoms with Crippen LogP contribution in [-0.2, 0) is 11.3 Å². The number of para-hydroxylation sites is 1. The lowest BCUT2D eigenvalue weighted by atomic mass is 9.99. The quantitative estimate of drug-likeness (QED) is 0.516. The van der Waals surface area contributed by atoms with Crippen LogP contribution in [0.4, 0.5) is 11.5 Å². The average molecular weight is 476 g/mol. The molecule has 0 atom stereocenters. The molecule has 5 rings (SSSR count). The number of anilines is 2. The van der Waals surface area contributed by atoms with Gasteiger partial charge in [-0.25, -0.2) is 4.98 Å². The molecule has 2 fully saturated rings. The Bertz CT molecular complexity index is 1160. The molecule has 1 aromatic heterocycles. The van der Waals surface area contributed by atoms with E-state index in [4.69, 9.17) is 21.3 Å². The molecule has 2 aromatic carbocycles. The summed E-state index contributed by atoms with van der Waals surface area (Å²) < 4.78 is 5.50. The lowest BCUT2D eigenvalue weighted by molar-refractivity contribution is 0.0738. The number of hydrogen-bond donors (Lipinski definition) is 2. The average Bonchev–Trinajstić information content (AvgIpc) is 2.88. The first kappa shape index (κ1) is 22.9. The van der Waals surface area contributed by atoms with E-state index in [-0.39, 0.29) is 0 Å². The topological polar surface area (TPSA) is 73.2 Å².